The predicted octanol–water partition coefficient (Wildman–Crippen LogP) is 2.61. The van der Waals surface area contributed by atoms with Gasteiger partial charge in [-0.2, -0.15) is 0 Å². The van der Waals surface area contributed by atoms with Crippen LogP contribution in [0.5, 0.6) is 0 Å². The summed E-state index contributed by atoms with van der Waals surface area (Å²) in [7, 11) is 0. The van der Waals surface area contributed by atoms with E-state index in [2.05, 4.69) is 47.2 Å². The van der Waals surface area contributed by atoms with E-state index in [4.69, 9.17) is 10.5 Å². The number of carbonyl (C=O) groups excluding carboxylic acids is 1. The van der Waals surface area contributed by atoms with Crippen LogP contribution in [0.25, 0.3) is 0 Å². The van der Waals surface area contributed by atoms with Gasteiger partial charge in [-0.25, -0.2) is 0 Å². The Balaban J connectivity index is 0.00000220. The second-order valence-electron chi connectivity index (χ2n) is 5.30. The van der Waals surface area contributed by atoms with E-state index in [0.717, 1.165) is 22.9 Å². The summed E-state index contributed by atoms with van der Waals surface area (Å²) in [5.74, 6) is -0.0392. The van der Waals surface area contributed by atoms with E-state index in [1.54, 1.807) is 0 Å². The number of ether oxygens (including phenoxy) is 1. The maximum atomic E-state index is 12.1. The Morgan fingerprint density at radius 3 is 2.52 bits per heavy atom. The number of benzene rings is 1. The van der Waals surface area contributed by atoms with Crippen molar-refractivity contribution < 1.29 is 9.53 Å². The molecule has 0 bridgehead atoms. The quantitative estimate of drug-likeness (QED) is 0.848. The first kappa shape index (κ1) is 18.4. The van der Waals surface area contributed by atoms with Gasteiger partial charge >= 0.3 is 0 Å². The first-order chi connectivity index (χ1) is 9.51. The molecule has 1 heterocycles. The van der Waals surface area contributed by atoms with Gasteiger partial charge in [0, 0.05) is 17.6 Å². The fourth-order valence-electron chi connectivity index (χ4n) is 2.58. The molecule has 0 aromatic heterocycles. The van der Waals surface area contributed by atoms with Crippen molar-refractivity contribution in [1.82, 2.24) is 5.32 Å². The lowest BCUT2D eigenvalue weighted by atomic mass is 10.0. The SMILES string of the molecule is Cc1cc(Br)cc(C)c1CNC(=O)[C@@H]1CC[C@H](CN)O1.Cl. The average molecular weight is 378 g/mol. The van der Waals surface area contributed by atoms with Crippen molar-refractivity contribution in [3.05, 3.63) is 33.3 Å². The maximum absolute atomic E-state index is 12.1. The molecule has 4 nitrogen and oxygen atoms in total. The third-order valence-corrected chi connectivity index (χ3v) is 4.22. The number of amides is 1. The summed E-state index contributed by atoms with van der Waals surface area (Å²) in [6.07, 6.45) is 1.30. The highest BCUT2D eigenvalue weighted by molar-refractivity contribution is 9.10. The van der Waals surface area contributed by atoms with E-state index in [1.165, 1.54) is 11.1 Å². The van der Waals surface area contributed by atoms with E-state index in [0.29, 0.717) is 13.1 Å². The number of halogens is 2. The van der Waals surface area contributed by atoms with Gasteiger partial charge in [-0.1, -0.05) is 15.9 Å². The zero-order valence-corrected chi connectivity index (χ0v) is 14.7. The summed E-state index contributed by atoms with van der Waals surface area (Å²) in [6, 6.07) is 4.12. The summed E-state index contributed by atoms with van der Waals surface area (Å²) in [5.41, 5.74) is 9.06. The molecular weight excluding hydrogens is 356 g/mol. The maximum Gasteiger partial charge on any atom is 0.249 e. The zero-order chi connectivity index (χ0) is 14.7. The highest BCUT2D eigenvalue weighted by atomic mass is 79.9. The minimum absolute atomic E-state index is 0. The van der Waals surface area contributed by atoms with Gasteiger partial charge in [-0.05, 0) is 55.5 Å². The van der Waals surface area contributed by atoms with Crippen LogP contribution in [0.4, 0.5) is 0 Å². The van der Waals surface area contributed by atoms with Crippen LogP contribution in [-0.2, 0) is 16.1 Å². The molecule has 0 saturated carbocycles. The van der Waals surface area contributed by atoms with Crippen LogP contribution < -0.4 is 11.1 Å². The van der Waals surface area contributed by atoms with Crippen LogP contribution in [0.1, 0.15) is 29.5 Å². The molecular formula is C15H22BrClN2O2. The summed E-state index contributed by atoms with van der Waals surface area (Å²) in [4.78, 5) is 12.1. The van der Waals surface area contributed by atoms with Crippen molar-refractivity contribution >= 4 is 34.2 Å². The first-order valence-corrected chi connectivity index (χ1v) is 7.69. The second kappa shape index (κ2) is 8.13. The molecule has 0 radical (unpaired) electrons. The van der Waals surface area contributed by atoms with E-state index >= 15 is 0 Å². The van der Waals surface area contributed by atoms with Gasteiger partial charge in [0.2, 0.25) is 5.91 Å². The minimum atomic E-state index is -0.348. The van der Waals surface area contributed by atoms with Gasteiger partial charge in [0.15, 0.2) is 0 Å². The van der Waals surface area contributed by atoms with Crippen LogP contribution in [0.15, 0.2) is 16.6 Å². The molecule has 1 aromatic rings. The number of nitrogens with one attached hydrogen (secondary N) is 1. The Hall–Kier alpha value is -0.620. The molecule has 2 atom stereocenters. The normalized spacial score (nSPS) is 21.0. The predicted molar refractivity (Wildman–Crippen MR) is 89.7 cm³/mol. The Morgan fingerprint density at radius 1 is 1.38 bits per heavy atom. The molecule has 1 aliphatic heterocycles. The fraction of sp³-hybridized carbons (Fsp3) is 0.533. The number of carbonyl (C=O) groups is 1. The zero-order valence-electron chi connectivity index (χ0n) is 12.3. The van der Waals surface area contributed by atoms with Crippen LogP contribution in [0.3, 0.4) is 0 Å². The summed E-state index contributed by atoms with van der Waals surface area (Å²) in [6.45, 7) is 5.12. The third-order valence-electron chi connectivity index (χ3n) is 3.76. The average Bonchev–Trinajstić information content (AvgIpc) is 2.86. The smallest absolute Gasteiger partial charge is 0.249 e. The van der Waals surface area contributed by atoms with Crippen molar-refractivity contribution in [2.75, 3.05) is 6.54 Å². The van der Waals surface area contributed by atoms with Crippen LogP contribution in [0.2, 0.25) is 0 Å². The molecule has 1 amide bonds. The van der Waals surface area contributed by atoms with Gasteiger partial charge in [0.05, 0.1) is 6.10 Å². The summed E-state index contributed by atoms with van der Waals surface area (Å²) < 4.78 is 6.66. The monoisotopic (exact) mass is 376 g/mol. The lowest BCUT2D eigenvalue weighted by Gasteiger charge is -2.15. The number of nitrogens with two attached hydrogens (primary N) is 1. The highest BCUT2D eigenvalue weighted by Gasteiger charge is 2.29. The van der Waals surface area contributed by atoms with Crippen molar-refractivity contribution in [2.24, 2.45) is 5.73 Å². The van der Waals surface area contributed by atoms with E-state index in [9.17, 15) is 4.79 Å². The van der Waals surface area contributed by atoms with Gasteiger partial charge in [-0.3, -0.25) is 4.79 Å². The number of hydrogen-bond donors (Lipinski definition) is 2. The van der Waals surface area contributed by atoms with Crippen molar-refractivity contribution in [1.29, 1.82) is 0 Å². The standard InChI is InChI=1S/C15H21BrN2O2.ClH/c1-9-5-11(16)6-10(2)13(9)8-18-15(19)14-4-3-12(7-17)20-14;/h5-6,12,14H,3-4,7-8,17H2,1-2H3,(H,18,19);1H/t12-,14+;/m1./s1. The highest BCUT2D eigenvalue weighted by Crippen LogP contribution is 2.21. The molecule has 1 aliphatic rings. The van der Waals surface area contributed by atoms with Gasteiger partial charge in [-0.15, -0.1) is 12.4 Å². The fourth-order valence-corrected chi connectivity index (χ4v) is 3.27. The topological polar surface area (TPSA) is 64.4 Å². The largest absolute Gasteiger partial charge is 0.364 e. The molecule has 0 unspecified atom stereocenters. The van der Waals surface area contributed by atoms with Crippen LogP contribution in [-0.4, -0.2) is 24.7 Å². The molecule has 3 N–H and O–H groups in total. The molecule has 0 spiro atoms. The number of rotatable bonds is 4. The molecule has 6 heteroatoms. The van der Waals surface area contributed by atoms with Crippen molar-refractivity contribution in [2.45, 2.75) is 45.4 Å². The molecule has 1 aromatic carbocycles. The lowest BCUT2D eigenvalue weighted by molar-refractivity contribution is -0.132. The Morgan fingerprint density at radius 2 is 2.00 bits per heavy atom. The Labute approximate surface area is 140 Å². The molecule has 1 fully saturated rings. The molecule has 0 aliphatic carbocycles. The summed E-state index contributed by atoms with van der Waals surface area (Å²) >= 11 is 3.48. The van der Waals surface area contributed by atoms with Crippen LogP contribution >= 0.6 is 28.3 Å². The van der Waals surface area contributed by atoms with Crippen LogP contribution in [0, 0.1) is 13.8 Å². The Kier molecular flexibility index (Phi) is 7.13. The third kappa shape index (κ3) is 4.68. The molecule has 21 heavy (non-hydrogen) atoms. The van der Waals surface area contributed by atoms with Crippen molar-refractivity contribution in [3.63, 3.8) is 0 Å². The number of hydrogen-bond acceptors (Lipinski definition) is 3. The first-order valence-electron chi connectivity index (χ1n) is 6.90. The van der Waals surface area contributed by atoms with E-state index in [-0.39, 0.29) is 30.5 Å². The van der Waals surface area contributed by atoms with E-state index < -0.39 is 0 Å². The van der Waals surface area contributed by atoms with Crippen molar-refractivity contribution in [3.8, 4) is 0 Å². The summed E-state index contributed by atoms with van der Waals surface area (Å²) in [5, 5.41) is 2.97. The Bertz CT molecular complexity index is 487. The lowest BCUT2D eigenvalue weighted by Crippen LogP contribution is -2.35. The molecule has 1 saturated heterocycles. The van der Waals surface area contributed by atoms with Gasteiger partial charge in [0.1, 0.15) is 6.10 Å². The van der Waals surface area contributed by atoms with Gasteiger partial charge in [0.25, 0.3) is 0 Å². The number of aryl methyl sites for hydroxylation is 2. The van der Waals surface area contributed by atoms with E-state index in [1.807, 2.05) is 0 Å². The minimum Gasteiger partial charge on any atom is -0.364 e. The molecule has 118 valence electrons. The molecule has 2 rings (SSSR count). The second-order valence-corrected chi connectivity index (χ2v) is 6.21. The van der Waals surface area contributed by atoms with Gasteiger partial charge < -0.3 is 15.8 Å².